The zero-order valence-corrected chi connectivity index (χ0v) is 14.5. The van der Waals surface area contributed by atoms with Crippen LogP contribution in [0.3, 0.4) is 0 Å². The van der Waals surface area contributed by atoms with Crippen molar-refractivity contribution in [3.05, 3.63) is 52.5 Å². The topological polar surface area (TPSA) is 45.6 Å². The minimum absolute atomic E-state index is 0.0625. The van der Waals surface area contributed by atoms with Gasteiger partial charge in [-0.25, -0.2) is 0 Å². The third-order valence-electron chi connectivity index (χ3n) is 2.88. The van der Waals surface area contributed by atoms with E-state index in [1.54, 1.807) is 40.5 Å². The van der Waals surface area contributed by atoms with E-state index in [2.05, 4.69) is 29.7 Å². The third-order valence-corrected chi connectivity index (χ3v) is 5.44. The first-order valence-corrected chi connectivity index (χ1v) is 11.1. The molecule has 0 saturated heterocycles. The predicted octanol–water partition coefficient (Wildman–Crippen LogP) is 3.84. The molecule has 6 heteroatoms. The smallest absolute Gasteiger partial charge is 0.265 e. The van der Waals surface area contributed by atoms with E-state index in [9.17, 15) is 4.79 Å². The van der Waals surface area contributed by atoms with Gasteiger partial charge in [0, 0.05) is 22.8 Å². The van der Waals surface area contributed by atoms with E-state index < -0.39 is 8.24 Å². The van der Waals surface area contributed by atoms with Gasteiger partial charge in [0.1, 0.15) is 0 Å². The molecule has 0 aromatic carbocycles. The molecule has 0 N–H and O–H groups in total. The molecular weight excluding hydrogens is 298 g/mol. The van der Waals surface area contributed by atoms with Gasteiger partial charge in [0.2, 0.25) is 0 Å². The summed E-state index contributed by atoms with van der Waals surface area (Å²) in [7, 11) is -1.93. The molecular formula is C15H19N3OSSi. The highest BCUT2D eigenvalue weighted by atomic mass is 32.1. The van der Waals surface area contributed by atoms with Gasteiger partial charge in [-0.1, -0.05) is 6.07 Å². The molecule has 0 unspecified atom stereocenters. The minimum atomic E-state index is -1.93. The molecule has 1 amide bonds. The summed E-state index contributed by atoms with van der Waals surface area (Å²) in [5, 5.41) is 6.63. The molecule has 0 saturated carbocycles. The first kappa shape index (κ1) is 15.6. The molecule has 0 radical (unpaired) electrons. The molecule has 4 nitrogen and oxygen atoms in total. The number of pyridine rings is 1. The summed E-state index contributed by atoms with van der Waals surface area (Å²) in [5.41, 5.74) is 1.49. The number of hydrogen-bond donors (Lipinski definition) is 0. The molecule has 21 heavy (non-hydrogen) atoms. The van der Waals surface area contributed by atoms with E-state index in [0.29, 0.717) is 5.56 Å². The van der Waals surface area contributed by atoms with Crippen molar-refractivity contribution in [2.75, 3.05) is 0 Å². The quantitative estimate of drug-likeness (QED) is 0.488. The highest BCUT2D eigenvalue weighted by molar-refractivity contribution is 7.12. The number of aromatic nitrogens is 1. The number of nitrogens with zero attached hydrogens (tertiary/aromatic N) is 3. The van der Waals surface area contributed by atoms with E-state index in [1.807, 2.05) is 24.4 Å². The number of amides is 1. The zero-order chi connectivity index (χ0) is 15.5. The minimum Gasteiger partial charge on any atom is -0.268 e. The Kier molecular flexibility index (Phi) is 4.69. The van der Waals surface area contributed by atoms with Crippen LogP contribution in [0, 0.1) is 0 Å². The second kappa shape index (κ2) is 6.32. The van der Waals surface area contributed by atoms with Crippen LogP contribution >= 0.6 is 11.3 Å². The van der Waals surface area contributed by atoms with Crippen molar-refractivity contribution in [3.8, 4) is 0 Å². The van der Waals surface area contributed by atoms with Crippen LogP contribution in [-0.4, -0.2) is 29.5 Å². The summed E-state index contributed by atoms with van der Waals surface area (Å²) >= 11 is 1.63. The first-order chi connectivity index (χ1) is 9.89. The normalized spacial score (nSPS) is 12.3. The summed E-state index contributed by atoms with van der Waals surface area (Å²) in [6.45, 7) is 8.27. The Balaban J connectivity index is 2.36. The SMILES string of the molecule is C/C(=N\N(C(=O)c1ccncc1)[Si](C)(C)C)c1cccs1. The largest absolute Gasteiger partial charge is 0.268 e. The lowest BCUT2D eigenvalue weighted by Gasteiger charge is -2.30. The number of thiophene rings is 1. The van der Waals surface area contributed by atoms with Crippen molar-refractivity contribution in [1.29, 1.82) is 0 Å². The number of hydrogen-bond acceptors (Lipinski definition) is 4. The molecule has 2 heterocycles. The summed E-state index contributed by atoms with van der Waals surface area (Å²) in [6, 6.07) is 7.46. The standard InChI is InChI=1S/C15H19N3OSSi/c1-12(14-6-5-11-20-14)17-18(21(2,3)4)15(19)13-7-9-16-10-8-13/h5-11H,1-4H3/b17-12+. The van der Waals surface area contributed by atoms with Crippen LogP contribution in [0.4, 0.5) is 0 Å². The number of hydrazone groups is 1. The van der Waals surface area contributed by atoms with Gasteiger partial charge < -0.3 is 0 Å². The van der Waals surface area contributed by atoms with Crippen molar-refractivity contribution < 1.29 is 4.79 Å². The van der Waals surface area contributed by atoms with E-state index in [4.69, 9.17) is 0 Å². The summed E-state index contributed by atoms with van der Waals surface area (Å²) in [5.74, 6) is -0.0625. The van der Waals surface area contributed by atoms with Crippen molar-refractivity contribution in [3.63, 3.8) is 0 Å². The van der Waals surface area contributed by atoms with E-state index in [1.165, 1.54) is 0 Å². The van der Waals surface area contributed by atoms with Crippen LogP contribution in [-0.2, 0) is 0 Å². The highest BCUT2D eigenvalue weighted by Crippen LogP contribution is 2.17. The van der Waals surface area contributed by atoms with Crippen molar-refractivity contribution in [2.45, 2.75) is 26.6 Å². The van der Waals surface area contributed by atoms with Crippen LogP contribution in [0.1, 0.15) is 22.2 Å². The highest BCUT2D eigenvalue weighted by Gasteiger charge is 2.30. The van der Waals surface area contributed by atoms with Crippen LogP contribution in [0.2, 0.25) is 19.6 Å². The maximum atomic E-state index is 12.7. The van der Waals surface area contributed by atoms with Crippen LogP contribution in [0.5, 0.6) is 0 Å². The molecule has 0 aliphatic carbocycles. The summed E-state index contributed by atoms with van der Waals surface area (Å²) in [4.78, 5) is 17.8. The van der Waals surface area contributed by atoms with Crippen LogP contribution in [0.25, 0.3) is 0 Å². The molecule has 110 valence electrons. The fraction of sp³-hybridized carbons (Fsp3) is 0.267. The molecule has 0 fully saturated rings. The molecule has 0 aliphatic heterocycles. The molecule has 2 aromatic heterocycles. The molecule has 0 bridgehead atoms. The Morgan fingerprint density at radius 2 is 1.90 bits per heavy atom. The third kappa shape index (κ3) is 3.86. The van der Waals surface area contributed by atoms with Crippen molar-refractivity contribution in [1.82, 2.24) is 9.66 Å². The van der Waals surface area contributed by atoms with E-state index in [0.717, 1.165) is 10.6 Å². The van der Waals surface area contributed by atoms with Crippen molar-refractivity contribution in [2.24, 2.45) is 5.10 Å². The van der Waals surface area contributed by atoms with E-state index >= 15 is 0 Å². The maximum Gasteiger partial charge on any atom is 0.265 e. The number of rotatable bonds is 4. The molecule has 0 atom stereocenters. The average molecular weight is 317 g/mol. The second-order valence-corrected chi connectivity index (χ2v) is 11.4. The molecule has 0 aliphatic rings. The van der Waals surface area contributed by atoms with Gasteiger partial charge in [0.25, 0.3) is 5.91 Å². The number of carbonyl (C=O) groups is 1. The molecule has 0 spiro atoms. The van der Waals surface area contributed by atoms with Gasteiger partial charge in [0.05, 0.1) is 5.71 Å². The van der Waals surface area contributed by atoms with Gasteiger partial charge in [0.15, 0.2) is 8.24 Å². The van der Waals surface area contributed by atoms with Gasteiger partial charge in [-0.2, -0.15) is 5.10 Å². The Morgan fingerprint density at radius 3 is 2.43 bits per heavy atom. The molecule has 2 rings (SSSR count). The fourth-order valence-electron chi connectivity index (χ4n) is 1.80. The van der Waals surface area contributed by atoms with Gasteiger partial charge in [-0.05, 0) is 50.1 Å². The number of carbonyl (C=O) groups excluding carboxylic acids is 1. The van der Waals surface area contributed by atoms with Crippen LogP contribution in [0.15, 0.2) is 47.1 Å². The lowest BCUT2D eigenvalue weighted by molar-refractivity contribution is 0.0853. The Labute approximate surface area is 130 Å². The Morgan fingerprint density at radius 1 is 1.24 bits per heavy atom. The zero-order valence-electron chi connectivity index (χ0n) is 12.7. The van der Waals surface area contributed by atoms with Gasteiger partial charge in [-0.3, -0.25) is 14.5 Å². The summed E-state index contributed by atoms with van der Waals surface area (Å²) in [6.07, 6.45) is 3.26. The Bertz CT molecular complexity index is 633. The fourth-order valence-corrected chi connectivity index (χ4v) is 3.66. The van der Waals surface area contributed by atoms with E-state index in [-0.39, 0.29) is 5.91 Å². The Hall–Kier alpha value is -1.79. The predicted molar refractivity (Wildman–Crippen MR) is 90.3 cm³/mol. The molecule has 2 aromatic rings. The summed E-state index contributed by atoms with van der Waals surface area (Å²) < 4.78 is 1.68. The lowest BCUT2D eigenvalue weighted by atomic mass is 10.2. The van der Waals surface area contributed by atoms with Gasteiger partial charge in [-0.15, -0.1) is 11.3 Å². The lowest BCUT2D eigenvalue weighted by Crippen LogP contribution is -2.46. The monoisotopic (exact) mass is 317 g/mol. The second-order valence-electron chi connectivity index (χ2n) is 5.69. The van der Waals surface area contributed by atoms with Gasteiger partial charge >= 0.3 is 0 Å². The van der Waals surface area contributed by atoms with Crippen molar-refractivity contribution >= 4 is 31.2 Å². The average Bonchev–Trinajstić information content (AvgIpc) is 2.98. The van der Waals surface area contributed by atoms with Crippen LogP contribution < -0.4 is 0 Å². The first-order valence-electron chi connectivity index (χ1n) is 6.73. The maximum absolute atomic E-state index is 12.7.